The Morgan fingerprint density at radius 1 is 1.43 bits per heavy atom. The van der Waals surface area contributed by atoms with Crippen molar-refractivity contribution < 1.29 is 9.53 Å². The summed E-state index contributed by atoms with van der Waals surface area (Å²) in [6, 6.07) is 3.87. The van der Waals surface area contributed by atoms with Gasteiger partial charge in [-0.25, -0.2) is 0 Å². The predicted molar refractivity (Wildman–Crippen MR) is 57.9 cm³/mol. The normalized spacial score (nSPS) is 15.7. The molecule has 0 aromatic heterocycles. The van der Waals surface area contributed by atoms with Gasteiger partial charge in [-0.1, -0.05) is 0 Å². The Bertz CT molecular complexity index is 385. The minimum absolute atomic E-state index is 0.182. The molecule has 0 N–H and O–H groups in total. The lowest BCUT2D eigenvalue weighted by molar-refractivity contribution is 0.0983. The van der Waals surface area contributed by atoms with E-state index in [4.69, 9.17) is 4.74 Å². The maximum absolute atomic E-state index is 11.7. The maximum Gasteiger partial charge on any atom is 0.166 e. The van der Waals surface area contributed by atoms with Crippen LogP contribution >= 0.6 is 15.9 Å². The van der Waals surface area contributed by atoms with Crippen LogP contribution in [-0.4, -0.2) is 12.4 Å². The van der Waals surface area contributed by atoms with Crippen molar-refractivity contribution in [1.29, 1.82) is 0 Å². The molecule has 1 aliphatic rings. The van der Waals surface area contributed by atoms with Crippen molar-refractivity contribution >= 4 is 21.7 Å². The quantitative estimate of drug-likeness (QED) is 0.712. The second-order valence-corrected chi connectivity index (χ2v) is 4.35. The Balaban J connectivity index is 2.58. The molecular weight excluding hydrogens is 244 g/mol. The SMILES string of the molecule is Cc1cc(Br)c2c(c1)C(=O)CCCO2. The van der Waals surface area contributed by atoms with E-state index in [2.05, 4.69) is 15.9 Å². The van der Waals surface area contributed by atoms with Crippen molar-refractivity contribution in [1.82, 2.24) is 0 Å². The van der Waals surface area contributed by atoms with E-state index in [-0.39, 0.29) is 5.78 Å². The van der Waals surface area contributed by atoms with Gasteiger partial charge in [0.15, 0.2) is 5.78 Å². The van der Waals surface area contributed by atoms with Gasteiger partial charge in [0.1, 0.15) is 5.75 Å². The summed E-state index contributed by atoms with van der Waals surface area (Å²) in [5.41, 5.74) is 1.80. The number of hydrogen-bond acceptors (Lipinski definition) is 2. The molecule has 0 amide bonds. The number of carbonyl (C=O) groups is 1. The molecule has 1 heterocycles. The highest BCUT2D eigenvalue weighted by molar-refractivity contribution is 9.10. The summed E-state index contributed by atoms with van der Waals surface area (Å²) in [4.78, 5) is 11.7. The lowest BCUT2D eigenvalue weighted by Gasteiger charge is -2.09. The van der Waals surface area contributed by atoms with Crippen molar-refractivity contribution in [2.45, 2.75) is 19.8 Å². The molecule has 74 valence electrons. The van der Waals surface area contributed by atoms with Gasteiger partial charge >= 0.3 is 0 Å². The molecule has 0 bridgehead atoms. The predicted octanol–water partition coefficient (Wildman–Crippen LogP) is 3.11. The number of rotatable bonds is 0. The molecule has 0 aliphatic carbocycles. The number of carbonyl (C=O) groups excluding carboxylic acids is 1. The van der Waals surface area contributed by atoms with Gasteiger partial charge in [0.2, 0.25) is 0 Å². The van der Waals surface area contributed by atoms with Crippen molar-refractivity contribution in [2.75, 3.05) is 6.61 Å². The number of aryl methyl sites for hydroxylation is 1. The lowest BCUT2D eigenvalue weighted by Crippen LogP contribution is -1.99. The number of fused-ring (bicyclic) bond motifs is 1. The molecule has 0 fully saturated rings. The number of benzene rings is 1. The van der Waals surface area contributed by atoms with Gasteiger partial charge in [-0.05, 0) is 47.0 Å². The molecule has 0 radical (unpaired) electrons. The van der Waals surface area contributed by atoms with Gasteiger partial charge in [-0.3, -0.25) is 4.79 Å². The average Bonchev–Trinajstić information content (AvgIpc) is 2.29. The fraction of sp³-hybridized carbons (Fsp3) is 0.364. The number of ether oxygens (including phenoxy) is 1. The second kappa shape index (κ2) is 3.73. The summed E-state index contributed by atoms with van der Waals surface area (Å²) in [7, 11) is 0. The van der Waals surface area contributed by atoms with E-state index in [1.807, 2.05) is 19.1 Å². The van der Waals surface area contributed by atoms with Gasteiger partial charge in [0.25, 0.3) is 0 Å². The Morgan fingerprint density at radius 2 is 2.21 bits per heavy atom. The lowest BCUT2D eigenvalue weighted by atomic mass is 10.0. The Labute approximate surface area is 91.4 Å². The highest BCUT2D eigenvalue weighted by Gasteiger charge is 2.19. The molecular formula is C11H11BrO2. The van der Waals surface area contributed by atoms with E-state index < -0.39 is 0 Å². The van der Waals surface area contributed by atoms with E-state index in [1.165, 1.54) is 0 Å². The molecule has 2 rings (SSSR count). The fourth-order valence-corrected chi connectivity index (χ4v) is 2.31. The van der Waals surface area contributed by atoms with Crippen LogP contribution in [0.1, 0.15) is 28.8 Å². The molecule has 0 saturated carbocycles. The first-order chi connectivity index (χ1) is 6.68. The largest absolute Gasteiger partial charge is 0.492 e. The highest BCUT2D eigenvalue weighted by atomic mass is 79.9. The third-order valence-corrected chi connectivity index (χ3v) is 2.87. The standard InChI is InChI=1S/C11H11BrO2/c1-7-5-8-10(13)3-2-4-14-11(8)9(12)6-7/h5-6H,2-4H2,1H3. The minimum atomic E-state index is 0.182. The Hall–Kier alpha value is -0.830. The summed E-state index contributed by atoms with van der Waals surface area (Å²) in [6.45, 7) is 2.60. The summed E-state index contributed by atoms with van der Waals surface area (Å²) < 4.78 is 6.41. The third-order valence-electron chi connectivity index (χ3n) is 2.28. The molecule has 0 spiro atoms. The molecule has 1 aromatic carbocycles. The van der Waals surface area contributed by atoms with E-state index >= 15 is 0 Å². The number of halogens is 1. The summed E-state index contributed by atoms with van der Waals surface area (Å²) in [5.74, 6) is 0.889. The third kappa shape index (κ3) is 1.69. The first kappa shape index (κ1) is 9.71. The molecule has 3 heteroatoms. The average molecular weight is 255 g/mol. The first-order valence-corrected chi connectivity index (χ1v) is 5.44. The number of hydrogen-bond donors (Lipinski definition) is 0. The van der Waals surface area contributed by atoms with Crippen LogP contribution in [0.5, 0.6) is 5.75 Å². The van der Waals surface area contributed by atoms with Gasteiger partial charge in [-0.2, -0.15) is 0 Å². The van der Waals surface area contributed by atoms with Gasteiger partial charge in [-0.15, -0.1) is 0 Å². The smallest absolute Gasteiger partial charge is 0.166 e. The van der Waals surface area contributed by atoms with Crippen LogP contribution < -0.4 is 4.74 Å². The monoisotopic (exact) mass is 254 g/mol. The summed E-state index contributed by atoms with van der Waals surface area (Å²) in [6.07, 6.45) is 1.39. The molecule has 1 aliphatic heterocycles. The van der Waals surface area contributed by atoms with Crippen molar-refractivity contribution in [3.63, 3.8) is 0 Å². The zero-order chi connectivity index (χ0) is 10.1. The van der Waals surface area contributed by atoms with Crippen LogP contribution in [0.3, 0.4) is 0 Å². The van der Waals surface area contributed by atoms with E-state index in [1.54, 1.807) is 0 Å². The van der Waals surface area contributed by atoms with Crippen molar-refractivity contribution in [3.8, 4) is 5.75 Å². The van der Waals surface area contributed by atoms with Crippen LogP contribution in [0, 0.1) is 6.92 Å². The fourth-order valence-electron chi connectivity index (χ4n) is 1.62. The Morgan fingerprint density at radius 3 is 3.00 bits per heavy atom. The topological polar surface area (TPSA) is 26.3 Å². The maximum atomic E-state index is 11.7. The zero-order valence-electron chi connectivity index (χ0n) is 7.97. The molecule has 0 unspecified atom stereocenters. The molecule has 14 heavy (non-hydrogen) atoms. The van der Waals surface area contributed by atoms with Crippen molar-refractivity contribution in [3.05, 3.63) is 27.7 Å². The molecule has 0 saturated heterocycles. The first-order valence-electron chi connectivity index (χ1n) is 4.64. The number of ketones is 1. The van der Waals surface area contributed by atoms with E-state index in [0.717, 1.165) is 22.0 Å². The van der Waals surface area contributed by atoms with Crippen molar-refractivity contribution in [2.24, 2.45) is 0 Å². The second-order valence-electron chi connectivity index (χ2n) is 3.50. The van der Waals surface area contributed by atoms with Crippen LogP contribution in [-0.2, 0) is 0 Å². The van der Waals surface area contributed by atoms with Crippen LogP contribution in [0.15, 0.2) is 16.6 Å². The zero-order valence-corrected chi connectivity index (χ0v) is 9.56. The molecule has 0 atom stereocenters. The van der Waals surface area contributed by atoms with Crippen LogP contribution in [0.2, 0.25) is 0 Å². The molecule has 1 aromatic rings. The van der Waals surface area contributed by atoms with Gasteiger partial charge in [0, 0.05) is 6.42 Å². The minimum Gasteiger partial charge on any atom is -0.492 e. The van der Waals surface area contributed by atoms with Crippen LogP contribution in [0.25, 0.3) is 0 Å². The summed E-state index contributed by atoms with van der Waals surface area (Å²) in [5, 5.41) is 0. The van der Waals surface area contributed by atoms with E-state index in [0.29, 0.717) is 18.8 Å². The van der Waals surface area contributed by atoms with E-state index in [9.17, 15) is 4.79 Å². The van der Waals surface area contributed by atoms with Gasteiger partial charge < -0.3 is 4.74 Å². The summed E-state index contributed by atoms with van der Waals surface area (Å²) >= 11 is 3.42. The van der Waals surface area contributed by atoms with Crippen LogP contribution in [0.4, 0.5) is 0 Å². The van der Waals surface area contributed by atoms with Gasteiger partial charge in [0.05, 0.1) is 16.6 Å². The number of Topliss-reactive ketones (excluding diaryl/α,β-unsaturated/α-hetero) is 1. The highest BCUT2D eigenvalue weighted by Crippen LogP contribution is 2.33. The Kier molecular flexibility index (Phi) is 2.59. The molecule has 2 nitrogen and oxygen atoms in total.